The Bertz CT molecular complexity index is 1350. The van der Waals surface area contributed by atoms with Crippen LogP contribution in [0, 0.1) is 11.8 Å². The molecule has 1 saturated heterocycles. The minimum Gasteiger partial charge on any atom is -0.475 e. The summed E-state index contributed by atoms with van der Waals surface area (Å²) in [6, 6.07) is 15.1. The van der Waals surface area contributed by atoms with E-state index in [1.54, 1.807) is 23.1 Å². The fourth-order valence-electron chi connectivity index (χ4n) is 6.11. The second kappa shape index (κ2) is 12.3. The lowest BCUT2D eigenvalue weighted by molar-refractivity contribution is -0.144. The number of nitrogens with zero attached hydrogens (tertiary/aromatic N) is 1. The number of halogens is 1. The first-order chi connectivity index (χ1) is 19.3. The maximum Gasteiger partial charge on any atom is 0.371 e. The third-order valence-corrected chi connectivity index (χ3v) is 8.34. The van der Waals surface area contributed by atoms with Gasteiger partial charge in [-0.3, -0.25) is 9.59 Å². The molecular formula is C31H35FN2O6. The molecule has 0 radical (unpaired) electrons. The van der Waals surface area contributed by atoms with Crippen molar-refractivity contribution in [3.05, 3.63) is 71.5 Å². The molecular weight excluding hydrogens is 515 g/mol. The topological polar surface area (TPSA) is 123 Å². The van der Waals surface area contributed by atoms with Crippen LogP contribution in [0.4, 0.5) is 4.39 Å². The number of alkyl halides is 1. The molecule has 8 nitrogen and oxygen atoms in total. The zero-order chi connectivity index (χ0) is 28.2. The van der Waals surface area contributed by atoms with Gasteiger partial charge in [0, 0.05) is 30.3 Å². The predicted octanol–water partition coefficient (Wildman–Crippen LogP) is 4.53. The van der Waals surface area contributed by atoms with Gasteiger partial charge in [-0.15, -0.1) is 0 Å². The fraction of sp³-hybridized carbons (Fsp3) is 0.452. The van der Waals surface area contributed by atoms with Crippen LogP contribution >= 0.6 is 0 Å². The summed E-state index contributed by atoms with van der Waals surface area (Å²) in [5.41, 5.74) is 8.03. The van der Waals surface area contributed by atoms with Gasteiger partial charge in [0.1, 0.15) is 18.3 Å². The van der Waals surface area contributed by atoms with Crippen LogP contribution in [-0.2, 0) is 27.4 Å². The third kappa shape index (κ3) is 6.10. The van der Waals surface area contributed by atoms with Crippen LogP contribution in [0.5, 0.6) is 0 Å². The minimum atomic E-state index is -1.16. The van der Waals surface area contributed by atoms with Crippen molar-refractivity contribution >= 4 is 28.6 Å². The number of Topliss-reactive ketones (excluding diaryl/α,β-unsaturated/α-hetero) is 1. The average Bonchev–Trinajstić information content (AvgIpc) is 3.60. The van der Waals surface area contributed by atoms with E-state index in [9.17, 15) is 23.9 Å². The van der Waals surface area contributed by atoms with Crippen LogP contribution in [0.15, 0.2) is 59.0 Å². The van der Waals surface area contributed by atoms with Crippen molar-refractivity contribution in [2.75, 3.05) is 13.2 Å². The maximum absolute atomic E-state index is 13.8. The van der Waals surface area contributed by atoms with E-state index in [-0.39, 0.29) is 35.7 Å². The summed E-state index contributed by atoms with van der Waals surface area (Å²) < 4.78 is 24.6. The molecule has 2 fully saturated rings. The van der Waals surface area contributed by atoms with E-state index in [1.807, 2.05) is 30.3 Å². The SMILES string of the molecule is N[C@H](CF)C1CCC(C(=O)N2CC[C@@H](OCc3ccccc3)[C@H]2C(=O)Cc2ccc3oc(C(=O)O)cc3c2)CC1. The van der Waals surface area contributed by atoms with Crippen LogP contribution in [0.2, 0.25) is 0 Å². The monoisotopic (exact) mass is 550 g/mol. The lowest BCUT2D eigenvalue weighted by Gasteiger charge is -2.34. The lowest BCUT2D eigenvalue weighted by Crippen LogP contribution is -2.49. The average molecular weight is 551 g/mol. The Kier molecular flexibility index (Phi) is 8.61. The van der Waals surface area contributed by atoms with E-state index in [4.69, 9.17) is 14.9 Å². The number of nitrogens with two attached hydrogens (primary N) is 1. The number of amides is 1. The number of aromatic carboxylic acids is 1. The van der Waals surface area contributed by atoms with Crippen molar-refractivity contribution in [3.8, 4) is 0 Å². The number of carboxylic acid groups (broad SMARTS) is 1. The number of carbonyl (C=O) groups is 3. The van der Waals surface area contributed by atoms with E-state index in [2.05, 4.69) is 0 Å². The van der Waals surface area contributed by atoms with Gasteiger partial charge in [0.05, 0.1) is 12.7 Å². The molecule has 3 N–H and O–H groups in total. The second-order valence-corrected chi connectivity index (χ2v) is 11.0. The summed E-state index contributed by atoms with van der Waals surface area (Å²) in [6.07, 6.45) is 2.85. The number of hydrogen-bond acceptors (Lipinski definition) is 6. The number of benzene rings is 2. The van der Waals surface area contributed by atoms with Crippen LogP contribution in [0.25, 0.3) is 11.0 Å². The van der Waals surface area contributed by atoms with Crippen molar-refractivity contribution in [1.82, 2.24) is 4.90 Å². The molecule has 9 heteroatoms. The molecule has 2 aromatic carbocycles. The molecule has 5 rings (SSSR count). The molecule has 3 atom stereocenters. The number of furan rings is 1. The Hall–Kier alpha value is -3.56. The smallest absolute Gasteiger partial charge is 0.371 e. The molecule has 1 aliphatic carbocycles. The second-order valence-electron chi connectivity index (χ2n) is 11.0. The van der Waals surface area contributed by atoms with Gasteiger partial charge in [-0.1, -0.05) is 36.4 Å². The quantitative estimate of drug-likeness (QED) is 0.380. The number of hydrogen-bond donors (Lipinski definition) is 2. The number of ketones is 1. The van der Waals surface area contributed by atoms with Crippen molar-refractivity contribution in [3.63, 3.8) is 0 Å². The molecule has 0 unspecified atom stereocenters. The normalized spacial score (nSPS) is 23.8. The summed E-state index contributed by atoms with van der Waals surface area (Å²) in [5, 5.41) is 9.83. The number of carboxylic acids is 1. The van der Waals surface area contributed by atoms with Crippen LogP contribution < -0.4 is 5.73 Å². The Labute approximate surface area is 232 Å². The van der Waals surface area contributed by atoms with E-state index >= 15 is 0 Å². The molecule has 1 aliphatic heterocycles. The summed E-state index contributed by atoms with van der Waals surface area (Å²) in [5.74, 6) is -1.64. The van der Waals surface area contributed by atoms with Crippen LogP contribution in [0.1, 0.15) is 53.8 Å². The molecule has 0 spiro atoms. The molecule has 212 valence electrons. The van der Waals surface area contributed by atoms with E-state index in [1.165, 1.54) is 6.07 Å². The highest BCUT2D eigenvalue weighted by Gasteiger charge is 2.44. The van der Waals surface area contributed by atoms with Gasteiger partial charge in [0.2, 0.25) is 11.7 Å². The first kappa shape index (κ1) is 28.0. The van der Waals surface area contributed by atoms with Crippen LogP contribution in [-0.4, -0.2) is 59.1 Å². The van der Waals surface area contributed by atoms with Gasteiger partial charge in [0.25, 0.3) is 0 Å². The first-order valence-electron chi connectivity index (χ1n) is 13.9. The third-order valence-electron chi connectivity index (χ3n) is 8.34. The number of carbonyl (C=O) groups excluding carboxylic acids is 2. The molecule has 1 aromatic heterocycles. The van der Waals surface area contributed by atoms with E-state index in [0.717, 1.165) is 5.56 Å². The van der Waals surface area contributed by atoms with Gasteiger partial charge in [0.15, 0.2) is 5.78 Å². The summed E-state index contributed by atoms with van der Waals surface area (Å²) in [4.78, 5) is 40.5. The van der Waals surface area contributed by atoms with Crippen molar-refractivity contribution < 1.29 is 33.0 Å². The molecule has 3 aromatic rings. The molecule has 0 bridgehead atoms. The van der Waals surface area contributed by atoms with Gasteiger partial charge >= 0.3 is 5.97 Å². The van der Waals surface area contributed by atoms with Gasteiger partial charge in [-0.2, -0.15) is 0 Å². The van der Waals surface area contributed by atoms with E-state index < -0.39 is 30.8 Å². The predicted molar refractivity (Wildman–Crippen MR) is 146 cm³/mol. The Balaban J connectivity index is 1.33. The van der Waals surface area contributed by atoms with Gasteiger partial charge in [-0.25, -0.2) is 9.18 Å². The standard InChI is InChI=1S/C31H35FN2O6/c32-17-24(33)21-7-9-22(10-8-21)30(36)34-13-12-27(39-18-19-4-2-1-3-5-19)29(34)25(35)15-20-6-11-26-23(14-20)16-28(40-26)31(37)38/h1-6,11,14,16,21-22,24,27,29H,7-10,12-13,15,17-18,33H2,(H,37,38)/t21?,22?,24-,27-,29-/m1/s1. The Morgan fingerprint density at radius 1 is 1.02 bits per heavy atom. The summed E-state index contributed by atoms with van der Waals surface area (Å²) in [6.45, 7) is 0.207. The Morgan fingerprint density at radius 3 is 2.48 bits per heavy atom. The highest BCUT2D eigenvalue weighted by molar-refractivity contribution is 5.94. The van der Waals surface area contributed by atoms with E-state index in [0.29, 0.717) is 61.8 Å². The summed E-state index contributed by atoms with van der Waals surface area (Å²) >= 11 is 0. The highest BCUT2D eigenvalue weighted by atomic mass is 19.1. The van der Waals surface area contributed by atoms with Crippen LogP contribution in [0.3, 0.4) is 0 Å². The number of likely N-dealkylation sites (tertiary alicyclic amines) is 1. The highest BCUT2D eigenvalue weighted by Crippen LogP contribution is 2.34. The number of fused-ring (bicyclic) bond motifs is 1. The van der Waals surface area contributed by atoms with Crippen molar-refractivity contribution in [2.24, 2.45) is 17.6 Å². The molecule has 1 amide bonds. The number of rotatable bonds is 10. The Morgan fingerprint density at radius 2 is 1.77 bits per heavy atom. The first-order valence-corrected chi connectivity index (χ1v) is 13.9. The molecule has 1 saturated carbocycles. The maximum atomic E-state index is 13.8. The molecule has 40 heavy (non-hydrogen) atoms. The molecule has 2 heterocycles. The largest absolute Gasteiger partial charge is 0.475 e. The van der Waals surface area contributed by atoms with Crippen molar-refractivity contribution in [1.29, 1.82) is 0 Å². The lowest BCUT2D eigenvalue weighted by atomic mass is 9.78. The zero-order valence-corrected chi connectivity index (χ0v) is 22.3. The fourth-order valence-corrected chi connectivity index (χ4v) is 6.11. The number of ether oxygens (including phenoxy) is 1. The van der Waals surface area contributed by atoms with Crippen molar-refractivity contribution in [2.45, 2.75) is 63.3 Å². The van der Waals surface area contributed by atoms with Gasteiger partial charge in [-0.05, 0) is 67.3 Å². The molecule has 2 aliphatic rings. The van der Waals surface area contributed by atoms with Gasteiger partial charge < -0.3 is 24.9 Å². The summed E-state index contributed by atoms with van der Waals surface area (Å²) in [7, 11) is 0. The zero-order valence-electron chi connectivity index (χ0n) is 22.3. The minimum absolute atomic E-state index is 0.0483.